The van der Waals surface area contributed by atoms with Crippen LogP contribution < -0.4 is 5.32 Å². The van der Waals surface area contributed by atoms with Crippen molar-refractivity contribution in [2.75, 3.05) is 0 Å². The molecule has 0 aromatic heterocycles. The third kappa shape index (κ3) is 3.98. The molecular formula is C12H18N2O2. The normalized spacial score (nSPS) is 12.8. The van der Waals surface area contributed by atoms with Gasteiger partial charge in [-0.1, -0.05) is 26.0 Å². The second-order valence-corrected chi connectivity index (χ2v) is 4.35. The molecule has 1 aromatic carbocycles. The van der Waals surface area contributed by atoms with Gasteiger partial charge in [0.2, 0.25) is 0 Å². The second kappa shape index (κ2) is 5.61. The average Bonchev–Trinajstić information content (AvgIpc) is 2.16. The van der Waals surface area contributed by atoms with Crippen LogP contribution in [0, 0.1) is 10.1 Å². The molecule has 0 heterocycles. The molecule has 0 spiro atoms. The Bertz CT molecular complexity index is 347. The summed E-state index contributed by atoms with van der Waals surface area (Å²) in [5.41, 5.74) is 1.26. The lowest BCUT2D eigenvalue weighted by molar-refractivity contribution is -0.384. The highest BCUT2D eigenvalue weighted by Crippen LogP contribution is 2.13. The Morgan fingerprint density at radius 1 is 1.25 bits per heavy atom. The maximum Gasteiger partial charge on any atom is 0.269 e. The Morgan fingerprint density at radius 3 is 2.25 bits per heavy atom. The third-order valence-corrected chi connectivity index (χ3v) is 2.31. The first-order chi connectivity index (χ1) is 7.49. The Hall–Kier alpha value is -1.42. The van der Waals surface area contributed by atoms with Gasteiger partial charge in [0.05, 0.1) is 4.92 Å². The maximum absolute atomic E-state index is 10.5. The molecule has 1 rings (SSSR count). The molecule has 1 atom stereocenters. The second-order valence-electron chi connectivity index (χ2n) is 4.35. The van der Waals surface area contributed by atoms with Gasteiger partial charge < -0.3 is 5.32 Å². The minimum absolute atomic E-state index is 0.147. The predicted molar refractivity (Wildman–Crippen MR) is 64.5 cm³/mol. The van der Waals surface area contributed by atoms with Crippen molar-refractivity contribution in [2.45, 2.75) is 39.3 Å². The molecule has 0 fully saturated rings. The van der Waals surface area contributed by atoms with Crippen LogP contribution in [-0.2, 0) is 6.42 Å². The fourth-order valence-electron chi connectivity index (χ4n) is 1.74. The van der Waals surface area contributed by atoms with E-state index in [0.29, 0.717) is 12.1 Å². The Balaban J connectivity index is 2.58. The van der Waals surface area contributed by atoms with Gasteiger partial charge in [-0.2, -0.15) is 0 Å². The molecular weight excluding hydrogens is 204 g/mol. The number of nitro benzene ring substituents is 1. The quantitative estimate of drug-likeness (QED) is 0.615. The van der Waals surface area contributed by atoms with E-state index in [-0.39, 0.29) is 10.6 Å². The molecule has 1 N–H and O–H groups in total. The van der Waals surface area contributed by atoms with Crippen molar-refractivity contribution in [3.8, 4) is 0 Å². The summed E-state index contributed by atoms with van der Waals surface area (Å²) < 4.78 is 0. The number of non-ortho nitro benzene ring substituents is 1. The van der Waals surface area contributed by atoms with Gasteiger partial charge in [-0.3, -0.25) is 10.1 Å². The SMILES string of the molecule is CC(C)N[C@@H](C)Cc1ccc([N+](=O)[O-])cc1. The molecule has 1 aromatic rings. The first-order valence-corrected chi connectivity index (χ1v) is 5.48. The number of nitrogens with zero attached hydrogens (tertiary/aromatic N) is 1. The van der Waals surface area contributed by atoms with E-state index >= 15 is 0 Å². The minimum atomic E-state index is -0.375. The van der Waals surface area contributed by atoms with Crippen molar-refractivity contribution in [3.63, 3.8) is 0 Å². The van der Waals surface area contributed by atoms with Gasteiger partial charge in [-0.05, 0) is 18.9 Å². The monoisotopic (exact) mass is 222 g/mol. The van der Waals surface area contributed by atoms with Gasteiger partial charge in [0.1, 0.15) is 0 Å². The summed E-state index contributed by atoms with van der Waals surface area (Å²) in [5, 5.41) is 13.9. The van der Waals surface area contributed by atoms with Crippen molar-refractivity contribution in [3.05, 3.63) is 39.9 Å². The van der Waals surface area contributed by atoms with Gasteiger partial charge in [-0.15, -0.1) is 0 Å². The van der Waals surface area contributed by atoms with Crippen LogP contribution in [0.1, 0.15) is 26.3 Å². The van der Waals surface area contributed by atoms with Crippen molar-refractivity contribution in [1.29, 1.82) is 0 Å². The zero-order valence-corrected chi connectivity index (χ0v) is 9.93. The lowest BCUT2D eigenvalue weighted by Crippen LogP contribution is -2.33. The molecule has 0 saturated carbocycles. The molecule has 4 heteroatoms. The summed E-state index contributed by atoms with van der Waals surface area (Å²) in [6, 6.07) is 7.57. The molecule has 0 amide bonds. The number of hydrogen-bond donors (Lipinski definition) is 1. The minimum Gasteiger partial charge on any atom is -0.312 e. The van der Waals surface area contributed by atoms with Crippen LogP contribution >= 0.6 is 0 Å². The van der Waals surface area contributed by atoms with Crippen LogP contribution in [0.15, 0.2) is 24.3 Å². The van der Waals surface area contributed by atoms with E-state index in [1.807, 2.05) is 12.1 Å². The molecule has 0 aliphatic heterocycles. The number of rotatable bonds is 5. The van der Waals surface area contributed by atoms with E-state index in [2.05, 4.69) is 26.1 Å². The first kappa shape index (κ1) is 12.6. The standard InChI is InChI=1S/C12H18N2O2/c1-9(2)13-10(3)8-11-4-6-12(7-5-11)14(15)16/h4-7,9-10,13H,8H2,1-3H3/t10-/m0/s1. The zero-order chi connectivity index (χ0) is 12.1. The van der Waals surface area contributed by atoms with Crippen LogP contribution in [0.5, 0.6) is 0 Å². The largest absolute Gasteiger partial charge is 0.312 e. The van der Waals surface area contributed by atoms with Crippen molar-refractivity contribution >= 4 is 5.69 Å². The van der Waals surface area contributed by atoms with Crippen molar-refractivity contribution in [2.24, 2.45) is 0 Å². The molecule has 0 radical (unpaired) electrons. The van der Waals surface area contributed by atoms with E-state index in [0.717, 1.165) is 12.0 Å². The first-order valence-electron chi connectivity index (χ1n) is 5.48. The van der Waals surface area contributed by atoms with Crippen molar-refractivity contribution < 1.29 is 4.92 Å². The fraction of sp³-hybridized carbons (Fsp3) is 0.500. The van der Waals surface area contributed by atoms with Gasteiger partial charge >= 0.3 is 0 Å². The predicted octanol–water partition coefficient (Wildman–Crippen LogP) is 2.52. The summed E-state index contributed by atoms with van der Waals surface area (Å²) in [4.78, 5) is 10.1. The summed E-state index contributed by atoms with van der Waals surface area (Å²) in [6.45, 7) is 6.32. The number of hydrogen-bond acceptors (Lipinski definition) is 3. The van der Waals surface area contributed by atoms with Gasteiger partial charge in [-0.25, -0.2) is 0 Å². The Kier molecular flexibility index (Phi) is 4.43. The number of nitro groups is 1. The topological polar surface area (TPSA) is 55.2 Å². The molecule has 0 saturated heterocycles. The van der Waals surface area contributed by atoms with Crippen LogP contribution in [0.2, 0.25) is 0 Å². The third-order valence-electron chi connectivity index (χ3n) is 2.31. The van der Waals surface area contributed by atoms with Crippen LogP contribution in [0.4, 0.5) is 5.69 Å². The van der Waals surface area contributed by atoms with E-state index < -0.39 is 0 Å². The Morgan fingerprint density at radius 2 is 1.81 bits per heavy atom. The molecule has 88 valence electrons. The smallest absolute Gasteiger partial charge is 0.269 e. The van der Waals surface area contributed by atoms with E-state index in [4.69, 9.17) is 0 Å². The highest BCUT2D eigenvalue weighted by Gasteiger charge is 2.07. The Labute approximate surface area is 95.8 Å². The van der Waals surface area contributed by atoms with E-state index in [9.17, 15) is 10.1 Å². The van der Waals surface area contributed by atoms with Crippen LogP contribution in [-0.4, -0.2) is 17.0 Å². The lowest BCUT2D eigenvalue weighted by atomic mass is 10.1. The zero-order valence-electron chi connectivity index (χ0n) is 9.93. The summed E-state index contributed by atoms with van der Waals surface area (Å²) in [7, 11) is 0. The summed E-state index contributed by atoms with van der Waals surface area (Å²) in [5.74, 6) is 0. The van der Waals surface area contributed by atoms with Gasteiger partial charge in [0.15, 0.2) is 0 Å². The fourth-order valence-corrected chi connectivity index (χ4v) is 1.74. The maximum atomic E-state index is 10.5. The van der Waals surface area contributed by atoms with Crippen LogP contribution in [0.25, 0.3) is 0 Å². The number of benzene rings is 1. The molecule has 0 unspecified atom stereocenters. The van der Waals surface area contributed by atoms with E-state index in [1.165, 1.54) is 0 Å². The summed E-state index contributed by atoms with van der Waals surface area (Å²) >= 11 is 0. The number of nitrogens with one attached hydrogen (secondary N) is 1. The van der Waals surface area contributed by atoms with Gasteiger partial charge in [0.25, 0.3) is 5.69 Å². The molecule has 0 aliphatic rings. The highest BCUT2D eigenvalue weighted by atomic mass is 16.6. The highest BCUT2D eigenvalue weighted by molar-refractivity contribution is 5.33. The molecule has 0 aliphatic carbocycles. The van der Waals surface area contributed by atoms with Crippen molar-refractivity contribution in [1.82, 2.24) is 5.32 Å². The molecule has 4 nitrogen and oxygen atoms in total. The molecule has 0 bridgehead atoms. The van der Waals surface area contributed by atoms with E-state index in [1.54, 1.807) is 12.1 Å². The summed E-state index contributed by atoms with van der Waals surface area (Å²) in [6.07, 6.45) is 0.885. The average molecular weight is 222 g/mol. The van der Waals surface area contributed by atoms with Crippen LogP contribution in [0.3, 0.4) is 0 Å². The van der Waals surface area contributed by atoms with Gasteiger partial charge in [0, 0.05) is 24.2 Å². The lowest BCUT2D eigenvalue weighted by Gasteiger charge is -2.16. The molecule has 16 heavy (non-hydrogen) atoms.